The predicted molar refractivity (Wildman–Crippen MR) is 97.5 cm³/mol. The Bertz CT molecular complexity index is 881. The molecule has 3 aromatic rings. The van der Waals surface area contributed by atoms with Gasteiger partial charge in [0.15, 0.2) is 6.29 Å². The Labute approximate surface area is 146 Å². The largest absolute Gasteiger partial charge is 0.507 e. The summed E-state index contributed by atoms with van der Waals surface area (Å²) in [6, 6.07) is 18.4. The highest BCUT2D eigenvalue weighted by atomic mass is 16.5. The van der Waals surface area contributed by atoms with Gasteiger partial charge in [-0.1, -0.05) is 24.3 Å². The van der Waals surface area contributed by atoms with Crippen molar-refractivity contribution in [2.75, 3.05) is 14.2 Å². The number of ether oxygens (including phenoxy) is 2. The predicted octanol–water partition coefficient (Wildman–Crippen LogP) is 4.56. The summed E-state index contributed by atoms with van der Waals surface area (Å²) in [7, 11) is 3.21. The first-order chi connectivity index (χ1) is 12.2. The zero-order chi connectivity index (χ0) is 17.8. The second-order valence-electron chi connectivity index (χ2n) is 5.54. The molecule has 0 saturated heterocycles. The van der Waals surface area contributed by atoms with E-state index in [1.807, 2.05) is 54.6 Å². The van der Waals surface area contributed by atoms with E-state index in [0.29, 0.717) is 11.8 Å². The van der Waals surface area contributed by atoms with Crippen LogP contribution in [0.3, 0.4) is 0 Å². The quantitative estimate of drug-likeness (QED) is 0.695. The molecule has 0 atom stereocenters. The molecule has 1 N–H and O–H groups in total. The molecule has 0 heterocycles. The van der Waals surface area contributed by atoms with E-state index < -0.39 is 0 Å². The van der Waals surface area contributed by atoms with Crippen molar-refractivity contribution in [1.82, 2.24) is 0 Å². The lowest BCUT2D eigenvalue weighted by Crippen LogP contribution is -1.90. The van der Waals surface area contributed by atoms with Crippen LogP contribution >= 0.6 is 0 Å². The molecule has 0 aromatic heterocycles. The lowest BCUT2D eigenvalue weighted by atomic mass is 9.95. The van der Waals surface area contributed by atoms with Crippen molar-refractivity contribution < 1.29 is 19.4 Å². The number of hydrogen-bond donors (Lipinski definition) is 1. The van der Waals surface area contributed by atoms with Gasteiger partial charge in [0, 0.05) is 5.56 Å². The Balaban J connectivity index is 2.12. The van der Waals surface area contributed by atoms with Crippen molar-refractivity contribution in [3.63, 3.8) is 0 Å². The minimum absolute atomic E-state index is 0.0302. The molecule has 0 bridgehead atoms. The van der Waals surface area contributed by atoms with Gasteiger partial charge in [-0.05, 0) is 53.1 Å². The first-order valence-electron chi connectivity index (χ1n) is 7.77. The van der Waals surface area contributed by atoms with E-state index in [1.54, 1.807) is 20.3 Å². The molecular formula is C21H18O4. The molecule has 0 saturated carbocycles. The lowest BCUT2D eigenvalue weighted by molar-refractivity contribution is 0.112. The maximum absolute atomic E-state index is 11.4. The summed E-state index contributed by atoms with van der Waals surface area (Å²) in [6.45, 7) is 0. The van der Waals surface area contributed by atoms with E-state index in [0.717, 1.165) is 28.2 Å². The fraction of sp³-hybridized carbons (Fsp3) is 0.0952. The summed E-state index contributed by atoms with van der Waals surface area (Å²) in [6.07, 6.45) is 0.662. The fourth-order valence-corrected chi connectivity index (χ4v) is 2.69. The Morgan fingerprint density at radius 1 is 0.760 bits per heavy atom. The second kappa shape index (κ2) is 7.09. The van der Waals surface area contributed by atoms with Gasteiger partial charge in [0.25, 0.3) is 0 Å². The number of phenolic OH excluding ortho intramolecular Hbond substituents is 1. The van der Waals surface area contributed by atoms with Gasteiger partial charge in [-0.25, -0.2) is 0 Å². The van der Waals surface area contributed by atoms with Gasteiger partial charge in [-0.15, -0.1) is 0 Å². The third-order valence-corrected chi connectivity index (χ3v) is 4.09. The van der Waals surface area contributed by atoms with Crippen molar-refractivity contribution >= 4 is 6.29 Å². The number of aldehydes is 1. The second-order valence-corrected chi connectivity index (χ2v) is 5.54. The number of hydrogen-bond acceptors (Lipinski definition) is 4. The standard InChI is InChI=1S/C21H18O4/c1-24-18-7-3-14(4-8-18)16-11-17(13-22)21(23)20(12-16)15-5-9-19(25-2)10-6-15/h3-13,23H,1-2H3. The van der Waals surface area contributed by atoms with Crippen molar-refractivity contribution in [3.8, 4) is 39.5 Å². The molecule has 25 heavy (non-hydrogen) atoms. The van der Waals surface area contributed by atoms with Crippen LogP contribution in [0.5, 0.6) is 17.2 Å². The Hall–Kier alpha value is -3.27. The number of rotatable bonds is 5. The highest BCUT2D eigenvalue weighted by Crippen LogP contribution is 2.37. The molecule has 0 amide bonds. The van der Waals surface area contributed by atoms with Gasteiger partial charge < -0.3 is 14.6 Å². The van der Waals surface area contributed by atoms with Gasteiger partial charge in [-0.3, -0.25) is 4.79 Å². The topological polar surface area (TPSA) is 55.8 Å². The summed E-state index contributed by atoms with van der Waals surface area (Å²) >= 11 is 0. The molecule has 4 nitrogen and oxygen atoms in total. The summed E-state index contributed by atoms with van der Waals surface area (Å²) < 4.78 is 10.3. The third kappa shape index (κ3) is 3.33. The molecule has 3 aromatic carbocycles. The smallest absolute Gasteiger partial charge is 0.153 e. The van der Waals surface area contributed by atoms with Crippen LogP contribution in [0.2, 0.25) is 0 Å². The van der Waals surface area contributed by atoms with Gasteiger partial charge in [0.05, 0.1) is 19.8 Å². The van der Waals surface area contributed by atoms with Crippen molar-refractivity contribution in [2.45, 2.75) is 0 Å². The van der Waals surface area contributed by atoms with Crippen molar-refractivity contribution in [1.29, 1.82) is 0 Å². The number of carbonyl (C=O) groups is 1. The van der Waals surface area contributed by atoms with E-state index >= 15 is 0 Å². The summed E-state index contributed by atoms with van der Waals surface area (Å²) in [5, 5.41) is 10.4. The Morgan fingerprint density at radius 3 is 1.76 bits per heavy atom. The minimum Gasteiger partial charge on any atom is -0.507 e. The average Bonchev–Trinajstić information content (AvgIpc) is 2.68. The van der Waals surface area contributed by atoms with Gasteiger partial charge in [-0.2, -0.15) is 0 Å². The van der Waals surface area contributed by atoms with E-state index in [1.165, 1.54) is 0 Å². The van der Waals surface area contributed by atoms with Crippen LogP contribution in [0, 0.1) is 0 Å². The fourth-order valence-electron chi connectivity index (χ4n) is 2.69. The molecule has 0 aliphatic rings. The zero-order valence-corrected chi connectivity index (χ0v) is 14.0. The zero-order valence-electron chi connectivity index (χ0n) is 14.0. The molecule has 0 fully saturated rings. The van der Waals surface area contributed by atoms with Crippen LogP contribution in [0.15, 0.2) is 60.7 Å². The van der Waals surface area contributed by atoms with Gasteiger partial charge in [0.2, 0.25) is 0 Å². The van der Waals surface area contributed by atoms with Gasteiger partial charge >= 0.3 is 0 Å². The van der Waals surface area contributed by atoms with Crippen LogP contribution in [-0.2, 0) is 0 Å². The highest BCUT2D eigenvalue weighted by Gasteiger charge is 2.13. The SMILES string of the molecule is COc1ccc(-c2cc(C=O)c(O)c(-c3ccc(OC)cc3)c2)cc1. The third-order valence-electron chi connectivity index (χ3n) is 4.09. The Morgan fingerprint density at radius 2 is 1.28 bits per heavy atom. The van der Waals surface area contributed by atoms with E-state index in [-0.39, 0.29) is 11.3 Å². The van der Waals surface area contributed by atoms with Gasteiger partial charge in [0.1, 0.15) is 17.2 Å². The number of phenols is 1. The van der Waals surface area contributed by atoms with Crippen molar-refractivity contribution in [2.24, 2.45) is 0 Å². The van der Waals surface area contributed by atoms with Crippen molar-refractivity contribution in [3.05, 3.63) is 66.2 Å². The van der Waals surface area contributed by atoms with Crippen LogP contribution in [0.4, 0.5) is 0 Å². The van der Waals surface area contributed by atoms with E-state index in [2.05, 4.69) is 0 Å². The monoisotopic (exact) mass is 334 g/mol. The molecular weight excluding hydrogens is 316 g/mol. The summed E-state index contributed by atoms with van der Waals surface area (Å²) in [5.74, 6) is 1.45. The minimum atomic E-state index is -0.0302. The van der Waals surface area contributed by atoms with Crippen LogP contribution in [-0.4, -0.2) is 25.6 Å². The molecule has 0 aliphatic heterocycles. The molecule has 126 valence electrons. The lowest BCUT2D eigenvalue weighted by Gasteiger charge is -2.12. The maximum atomic E-state index is 11.4. The number of carbonyl (C=O) groups excluding carboxylic acids is 1. The van der Waals surface area contributed by atoms with Crippen LogP contribution in [0.1, 0.15) is 10.4 Å². The molecule has 0 radical (unpaired) electrons. The number of aromatic hydroxyl groups is 1. The average molecular weight is 334 g/mol. The highest BCUT2D eigenvalue weighted by molar-refractivity contribution is 5.90. The van der Waals surface area contributed by atoms with E-state index in [4.69, 9.17) is 9.47 Å². The molecule has 0 aliphatic carbocycles. The first kappa shape index (κ1) is 16.6. The number of methoxy groups -OCH3 is 2. The molecule has 3 rings (SSSR count). The molecule has 0 unspecified atom stereocenters. The van der Waals surface area contributed by atoms with Crippen LogP contribution < -0.4 is 9.47 Å². The first-order valence-corrected chi connectivity index (χ1v) is 7.77. The normalized spacial score (nSPS) is 10.3. The summed E-state index contributed by atoms with van der Waals surface area (Å²) in [5.41, 5.74) is 3.42. The molecule has 0 spiro atoms. The number of benzene rings is 3. The van der Waals surface area contributed by atoms with Crippen LogP contribution in [0.25, 0.3) is 22.3 Å². The Kier molecular flexibility index (Phi) is 4.70. The van der Waals surface area contributed by atoms with E-state index in [9.17, 15) is 9.90 Å². The maximum Gasteiger partial charge on any atom is 0.153 e. The summed E-state index contributed by atoms with van der Waals surface area (Å²) in [4.78, 5) is 11.4. The molecule has 4 heteroatoms.